The fourth-order valence-electron chi connectivity index (χ4n) is 0.709. The topological polar surface area (TPSA) is 88.5 Å². The van der Waals surface area contributed by atoms with E-state index >= 15 is 0 Å². The Balaban J connectivity index is 3.23. The molecule has 0 spiro atoms. The monoisotopic (exact) mass is 316 g/mol. The lowest BCUT2D eigenvalue weighted by Crippen LogP contribution is -1.97. The Morgan fingerprint density at radius 3 is 1.85 bits per heavy atom. The molecule has 0 radical (unpaired) electrons. The van der Waals surface area contributed by atoms with Crippen molar-refractivity contribution in [3.05, 3.63) is 27.8 Å². The average Bonchev–Trinajstić information content (AvgIpc) is 2.03. The summed E-state index contributed by atoms with van der Waals surface area (Å²) < 4.78 is 50.7. The predicted octanol–water partition coefficient (Wildman–Crippen LogP) is 1.30. The summed E-state index contributed by atoms with van der Waals surface area (Å²) in [6, 6.07) is 4.39. The maximum absolute atomic E-state index is 10.5. The zero-order valence-corrected chi connectivity index (χ0v) is 9.15. The van der Waals surface area contributed by atoms with Crippen LogP contribution in [0.15, 0.2) is 29.2 Å². The molecule has 0 bridgehead atoms. The molecule has 1 aromatic rings. The lowest BCUT2D eigenvalue weighted by atomic mass is 10.4. The third kappa shape index (κ3) is 2.71. The number of halogens is 1. The van der Waals surface area contributed by atoms with Gasteiger partial charge in [0.25, 0.3) is 10.1 Å². The molecule has 0 amide bonds. The molecule has 0 heterocycles. The molecule has 0 aliphatic rings. The van der Waals surface area contributed by atoms with E-state index in [1.54, 1.807) is 0 Å². The first kappa shape index (κ1) is 10.5. The highest BCUT2D eigenvalue weighted by Gasteiger charge is 2.09. The summed E-state index contributed by atoms with van der Waals surface area (Å²) in [5, 5.41) is 0. The predicted molar refractivity (Wildman–Crippen MR) is 50.3 cm³/mol. The van der Waals surface area contributed by atoms with Crippen molar-refractivity contribution in [3.8, 4) is 0 Å². The van der Waals surface area contributed by atoms with Crippen LogP contribution in [0.5, 0.6) is 0 Å². The molecule has 0 aromatic heterocycles. The van der Waals surface area contributed by atoms with E-state index < -0.39 is 29.9 Å². The smallest absolute Gasteiger partial charge is 0.282 e. The Bertz CT molecular complexity index is 462. The molecule has 1 rings (SSSR count). The second-order valence-electron chi connectivity index (χ2n) is 2.15. The van der Waals surface area contributed by atoms with E-state index in [9.17, 15) is 14.6 Å². The van der Waals surface area contributed by atoms with Gasteiger partial charge >= 0.3 is 19.8 Å². The van der Waals surface area contributed by atoms with E-state index in [-0.39, 0.29) is 8.47 Å². The minimum absolute atomic E-state index is 0.0941. The van der Waals surface area contributed by atoms with Crippen LogP contribution < -0.4 is 0 Å². The Morgan fingerprint density at radius 1 is 1.08 bits per heavy atom. The van der Waals surface area contributed by atoms with E-state index in [0.717, 1.165) is 24.3 Å². The van der Waals surface area contributed by atoms with Crippen LogP contribution in [0.1, 0.15) is 0 Å². The number of benzene rings is 1. The van der Waals surface area contributed by atoms with E-state index in [1.165, 1.54) is 0 Å². The molecule has 0 unspecified atom stereocenters. The largest absolute Gasteiger partial charge is 0.340 e. The SMILES string of the molecule is O=I(=O)c1ccc(S(=O)(=O)O)cc1. The molecule has 13 heavy (non-hydrogen) atoms. The van der Waals surface area contributed by atoms with Gasteiger partial charge in [-0.2, -0.15) is 8.42 Å². The van der Waals surface area contributed by atoms with Crippen molar-refractivity contribution in [1.82, 2.24) is 0 Å². The van der Waals surface area contributed by atoms with Crippen molar-refractivity contribution in [1.29, 1.82) is 0 Å². The Labute approximate surface area is 81.7 Å². The van der Waals surface area contributed by atoms with Gasteiger partial charge in [0, 0.05) is 0 Å². The lowest BCUT2D eigenvalue weighted by molar-refractivity contribution is 0.483. The van der Waals surface area contributed by atoms with Crippen molar-refractivity contribution in [2.75, 3.05) is 0 Å². The summed E-state index contributed by atoms with van der Waals surface area (Å²) in [7, 11) is -4.23. The maximum Gasteiger partial charge on any atom is 0.340 e. The van der Waals surface area contributed by atoms with Gasteiger partial charge in [-0.15, -0.1) is 0 Å². The van der Waals surface area contributed by atoms with Crippen LogP contribution in [-0.2, 0) is 16.3 Å². The highest BCUT2D eigenvalue weighted by molar-refractivity contribution is 14.2. The van der Waals surface area contributed by atoms with Crippen molar-refractivity contribution in [2.45, 2.75) is 4.90 Å². The molecule has 0 aliphatic heterocycles. The van der Waals surface area contributed by atoms with E-state index in [2.05, 4.69) is 0 Å². The molecule has 0 atom stereocenters. The molecule has 7 heteroatoms. The van der Waals surface area contributed by atoms with Crippen LogP contribution in [0.3, 0.4) is 0 Å². The summed E-state index contributed by atoms with van der Waals surface area (Å²) >= 11 is -3.54. The molecule has 72 valence electrons. The highest BCUT2D eigenvalue weighted by Crippen LogP contribution is 2.18. The molecule has 1 N–H and O–H groups in total. The van der Waals surface area contributed by atoms with Gasteiger partial charge < -0.3 is 0 Å². The minimum Gasteiger partial charge on any atom is -0.282 e. The zero-order chi connectivity index (χ0) is 10.1. The molecule has 0 saturated heterocycles. The lowest BCUT2D eigenvalue weighted by Gasteiger charge is -1.94. The summed E-state index contributed by atoms with van der Waals surface area (Å²) in [4.78, 5) is -0.311. The first-order valence-corrected chi connectivity index (χ1v) is 7.32. The van der Waals surface area contributed by atoms with E-state index in [4.69, 9.17) is 4.55 Å². The molecular weight excluding hydrogens is 311 g/mol. The average molecular weight is 316 g/mol. The summed E-state index contributed by atoms with van der Waals surface area (Å²) in [5.41, 5.74) is 0. The quantitative estimate of drug-likeness (QED) is 0.656. The second kappa shape index (κ2) is 3.68. The van der Waals surface area contributed by atoms with Crippen molar-refractivity contribution < 1.29 is 19.1 Å². The molecule has 0 aliphatic carbocycles. The van der Waals surface area contributed by atoms with Gasteiger partial charge in [-0.05, 0) is 24.3 Å². The Kier molecular flexibility index (Phi) is 2.98. The van der Waals surface area contributed by atoms with Gasteiger partial charge in [-0.1, -0.05) is 0 Å². The normalized spacial score (nSPS) is 11.8. The van der Waals surface area contributed by atoms with Gasteiger partial charge in [-0.25, -0.2) is 6.14 Å². The summed E-state index contributed by atoms with van der Waals surface area (Å²) in [6.45, 7) is 0. The Morgan fingerprint density at radius 2 is 1.54 bits per heavy atom. The summed E-state index contributed by atoms with van der Waals surface area (Å²) in [6.07, 6.45) is 0. The third-order valence-electron chi connectivity index (χ3n) is 1.29. The van der Waals surface area contributed by atoms with Crippen LogP contribution in [0.2, 0.25) is 0 Å². The standard InChI is InChI=1S/C6H5IO5S/c8-7(9)5-1-3-6(4-2-5)13(10,11)12/h1-4H,(H,10,11,12). The van der Waals surface area contributed by atoms with E-state index in [0.29, 0.717) is 0 Å². The second-order valence-corrected chi connectivity index (χ2v) is 6.05. The van der Waals surface area contributed by atoms with Crippen LogP contribution in [0, 0.1) is 3.57 Å². The van der Waals surface area contributed by atoms with Crippen LogP contribution in [0.25, 0.3) is 0 Å². The Hall–Kier alpha value is -0.540. The van der Waals surface area contributed by atoms with Gasteiger partial charge in [0.1, 0.15) is 0 Å². The zero-order valence-electron chi connectivity index (χ0n) is 6.18. The minimum atomic E-state index is -4.23. The van der Waals surface area contributed by atoms with Crippen LogP contribution in [0.4, 0.5) is 0 Å². The van der Waals surface area contributed by atoms with Crippen LogP contribution in [-0.4, -0.2) is 13.0 Å². The maximum atomic E-state index is 10.5. The first-order valence-electron chi connectivity index (χ1n) is 3.04. The van der Waals surface area contributed by atoms with Gasteiger partial charge in [-0.3, -0.25) is 4.55 Å². The van der Waals surface area contributed by atoms with Gasteiger partial charge in [0.2, 0.25) is 0 Å². The third-order valence-corrected chi connectivity index (χ3v) is 3.89. The highest BCUT2D eigenvalue weighted by atomic mass is 127. The van der Waals surface area contributed by atoms with Crippen molar-refractivity contribution in [2.24, 2.45) is 0 Å². The fraction of sp³-hybridized carbons (Fsp3) is 0. The first-order chi connectivity index (χ1) is 5.91. The molecule has 1 aromatic carbocycles. The molecular formula is C6H5IO5S. The molecule has 5 nitrogen and oxygen atoms in total. The number of rotatable bonds is 2. The molecule has 0 fully saturated rings. The number of hydrogen-bond donors (Lipinski definition) is 1. The van der Waals surface area contributed by atoms with Crippen molar-refractivity contribution in [3.63, 3.8) is 0 Å². The fourth-order valence-corrected chi connectivity index (χ4v) is 2.14. The van der Waals surface area contributed by atoms with Gasteiger partial charge in [0.15, 0.2) is 0 Å². The summed E-state index contributed by atoms with van der Waals surface area (Å²) in [5.74, 6) is 0. The van der Waals surface area contributed by atoms with E-state index in [1.807, 2.05) is 0 Å². The molecule has 0 saturated carbocycles. The van der Waals surface area contributed by atoms with Gasteiger partial charge in [0.05, 0.1) is 8.47 Å². The van der Waals surface area contributed by atoms with Crippen molar-refractivity contribution >= 4 is 29.9 Å². The van der Waals surface area contributed by atoms with Crippen LogP contribution >= 0.6 is 19.8 Å². The number of hydrogen-bond acceptors (Lipinski definition) is 4.